The molecule has 0 heterocycles. The molecule has 1 fully saturated rings. The van der Waals surface area contributed by atoms with E-state index in [1.54, 1.807) is 12.1 Å². The fraction of sp³-hybridized carbons (Fsp3) is 0.500. The highest BCUT2D eigenvalue weighted by Gasteiger charge is 2.28. The van der Waals surface area contributed by atoms with Gasteiger partial charge in [-0.2, -0.15) is 0 Å². The van der Waals surface area contributed by atoms with Gasteiger partial charge in [-0.25, -0.2) is 13.1 Å². The maximum Gasteiger partial charge on any atom is 0.240 e. The van der Waals surface area contributed by atoms with Crippen molar-refractivity contribution in [1.82, 2.24) is 4.72 Å². The molecule has 0 spiro atoms. The summed E-state index contributed by atoms with van der Waals surface area (Å²) in [5.74, 6) is 0.376. The lowest BCUT2D eigenvalue weighted by Crippen LogP contribution is -2.41. The SMILES string of the molecule is C=CC[C@@H]1CCCC[C@H]1NS(=O)(=O)c1ccc(C)cc1. The van der Waals surface area contributed by atoms with Crippen molar-refractivity contribution in [2.75, 3.05) is 0 Å². The Labute approximate surface area is 122 Å². The van der Waals surface area contributed by atoms with Gasteiger partial charge in [0.2, 0.25) is 10.0 Å². The van der Waals surface area contributed by atoms with Crippen LogP contribution in [0.3, 0.4) is 0 Å². The van der Waals surface area contributed by atoms with Crippen molar-refractivity contribution >= 4 is 10.0 Å². The molecule has 0 aliphatic heterocycles. The van der Waals surface area contributed by atoms with E-state index in [1.165, 1.54) is 6.42 Å². The van der Waals surface area contributed by atoms with Gasteiger partial charge < -0.3 is 0 Å². The van der Waals surface area contributed by atoms with Gasteiger partial charge in [0.15, 0.2) is 0 Å². The highest BCUT2D eigenvalue weighted by molar-refractivity contribution is 7.89. The topological polar surface area (TPSA) is 46.2 Å². The van der Waals surface area contributed by atoms with Gasteiger partial charge in [0, 0.05) is 6.04 Å². The van der Waals surface area contributed by atoms with Crippen LogP contribution >= 0.6 is 0 Å². The van der Waals surface area contributed by atoms with Crippen molar-refractivity contribution in [2.24, 2.45) is 5.92 Å². The smallest absolute Gasteiger partial charge is 0.208 e. The Hall–Kier alpha value is -1.13. The summed E-state index contributed by atoms with van der Waals surface area (Å²) in [7, 11) is -3.41. The molecule has 0 unspecified atom stereocenters. The average molecular weight is 293 g/mol. The zero-order valence-corrected chi connectivity index (χ0v) is 12.8. The second-order valence-corrected chi connectivity index (χ2v) is 7.32. The fourth-order valence-electron chi connectivity index (χ4n) is 2.84. The van der Waals surface area contributed by atoms with Crippen LogP contribution in [0.4, 0.5) is 0 Å². The van der Waals surface area contributed by atoms with E-state index >= 15 is 0 Å². The molecule has 1 aromatic carbocycles. The van der Waals surface area contributed by atoms with E-state index in [2.05, 4.69) is 11.3 Å². The van der Waals surface area contributed by atoms with Crippen molar-refractivity contribution in [3.05, 3.63) is 42.5 Å². The van der Waals surface area contributed by atoms with Gasteiger partial charge in [0.25, 0.3) is 0 Å². The molecule has 2 atom stereocenters. The van der Waals surface area contributed by atoms with Gasteiger partial charge in [-0.1, -0.05) is 36.6 Å². The van der Waals surface area contributed by atoms with Crippen LogP contribution in [0.2, 0.25) is 0 Å². The van der Waals surface area contributed by atoms with Gasteiger partial charge >= 0.3 is 0 Å². The summed E-state index contributed by atoms with van der Waals surface area (Å²) in [6.45, 7) is 5.73. The molecule has 1 N–H and O–H groups in total. The standard InChI is InChI=1S/C16H23NO2S/c1-3-6-14-7-4-5-8-16(14)17-20(18,19)15-11-9-13(2)10-12-15/h3,9-12,14,16-17H,1,4-8H2,2H3/t14-,16-/m1/s1. The molecule has 0 saturated heterocycles. The predicted octanol–water partition coefficient (Wildman–Crippen LogP) is 3.41. The molecule has 0 radical (unpaired) electrons. The number of sulfonamides is 1. The minimum absolute atomic E-state index is 0.0352. The fourth-order valence-corrected chi connectivity index (χ4v) is 4.18. The Morgan fingerprint density at radius 3 is 2.55 bits per heavy atom. The van der Waals surface area contributed by atoms with Gasteiger partial charge in [-0.15, -0.1) is 6.58 Å². The van der Waals surface area contributed by atoms with Crippen LogP contribution < -0.4 is 4.72 Å². The summed E-state index contributed by atoms with van der Waals surface area (Å²) in [6, 6.07) is 7.03. The third-order valence-corrected chi connectivity index (χ3v) is 5.52. The highest BCUT2D eigenvalue weighted by atomic mass is 32.2. The van der Waals surface area contributed by atoms with Crippen molar-refractivity contribution in [3.63, 3.8) is 0 Å². The number of hydrogen-bond donors (Lipinski definition) is 1. The first-order chi connectivity index (χ1) is 9.53. The Morgan fingerprint density at radius 1 is 1.25 bits per heavy atom. The second-order valence-electron chi connectivity index (χ2n) is 5.61. The molecule has 1 saturated carbocycles. The van der Waals surface area contributed by atoms with Crippen molar-refractivity contribution in [3.8, 4) is 0 Å². The van der Waals surface area contributed by atoms with E-state index in [-0.39, 0.29) is 6.04 Å². The van der Waals surface area contributed by atoms with Crippen LogP contribution in [-0.4, -0.2) is 14.5 Å². The molecule has 3 nitrogen and oxygen atoms in total. The summed E-state index contributed by atoms with van der Waals surface area (Å²) in [4.78, 5) is 0.353. The predicted molar refractivity (Wildman–Crippen MR) is 82.1 cm³/mol. The Morgan fingerprint density at radius 2 is 1.90 bits per heavy atom. The summed E-state index contributed by atoms with van der Waals surface area (Å²) < 4.78 is 27.7. The monoisotopic (exact) mass is 293 g/mol. The largest absolute Gasteiger partial charge is 0.240 e. The normalized spacial score (nSPS) is 23.4. The number of benzene rings is 1. The van der Waals surface area contributed by atoms with E-state index in [0.29, 0.717) is 10.8 Å². The molecule has 1 aromatic rings. The number of rotatable bonds is 5. The van der Waals surface area contributed by atoms with Crippen molar-refractivity contribution in [2.45, 2.75) is 50.0 Å². The van der Waals surface area contributed by atoms with Crippen molar-refractivity contribution < 1.29 is 8.42 Å². The number of allylic oxidation sites excluding steroid dienone is 1. The average Bonchev–Trinajstić information content (AvgIpc) is 2.41. The van der Waals surface area contributed by atoms with Gasteiger partial charge in [-0.05, 0) is 44.2 Å². The first-order valence-corrected chi connectivity index (χ1v) is 8.71. The van der Waals surface area contributed by atoms with E-state index in [9.17, 15) is 8.42 Å². The lowest BCUT2D eigenvalue weighted by atomic mass is 9.83. The van der Waals surface area contributed by atoms with E-state index < -0.39 is 10.0 Å². The Bertz CT molecular complexity index is 548. The Kier molecular flexibility index (Phi) is 5.00. The zero-order chi connectivity index (χ0) is 14.6. The van der Waals surface area contributed by atoms with Crippen LogP contribution in [0, 0.1) is 12.8 Å². The molecule has 20 heavy (non-hydrogen) atoms. The number of aryl methyl sites for hydroxylation is 1. The lowest BCUT2D eigenvalue weighted by Gasteiger charge is -2.31. The minimum Gasteiger partial charge on any atom is -0.208 e. The molecular weight excluding hydrogens is 270 g/mol. The Balaban J connectivity index is 2.13. The quantitative estimate of drug-likeness (QED) is 0.846. The molecule has 110 valence electrons. The van der Waals surface area contributed by atoms with E-state index in [4.69, 9.17) is 0 Å². The van der Waals surface area contributed by atoms with E-state index in [1.807, 2.05) is 25.1 Å². The summed E-state index contributed by atoms with van der Waals surface area (Å²) in [5.41, 5.74) is 1.06. The van der Waals surface area contributed by atoms with Gasteiger partial charge in [0.1, 0.15) is 0 Å². The first kappa shape index (κ1) is 15.3. The lowest BCUT2D eigenvalue weighted by molar-refractivity contribution is 0.291. The third-order valence-electron chi connectivity index (χ3n) is 4.02. The van der Waals surface area contributed by atoms with Crippen LogP contribution in [0.25, 0.3) is 0 Å². The molecule has 0 amide bonds. The number of nitrogens with one attached hydrogen (secondary N) is 1. The van der Waals surface area contributed by atoms with Gasteiger partial charge in [-0.3, -0.25) is 0 Å². The van der Waals surface area contributed by atoms with E-state index in [0.717, 1.165) is 31.2 Å². The summed E-state index contributed by atoms with van der Waals surface area (Å²) >= 11 is 0. The van der Waals surface area contributed by atoms with Crippen LogP contribution in [-0.2, 0) is 10.0 Å². The maximum atomic E-state index is 12.4. The van der Waals surface area contributed by atoms with Crippen LogP contribution in [0.1, 0.15) is 37.7 Å². The van der Waals surface area contributed by atoms with Gasteiger partial charge in [0.05, 0.1) is 4.90 Å². The first-order valence-electron chi connectivity index (χ1n) is 7.23. The number of hydrogen-bond acceptors (Lipinski definition) is 2. The zero-order valence-electron chi connectivity index (χ0n) is 12.0. The summed E-state index contributed by atoms with van der Waals surface area (Å²) in [6.07, 6.45) is 7.04. The molecule has 4 heteroatoms. The van der Waals surface area contributed by atoms with Crippen LogP contribution in [0.5, 0.6) is 0 Å². The second kappa shape index (κ2) is 6.55. The molecule has 2 rings (SSSR count). The molecule has 0 aromatic heterocycles. The van der Waals surface area contributed by atoms with Crippen molar-refractivity contribution in [1.29, 1.82) is 0 Å². The minimum atomic E-state index is -3.41. The van der Waals surface area contributed by atoms with Crippen LogP contribution in [0.15, 0.2) is 41.8 Å². The molecule has 0 bridgehead atoms. The molecule has 1 aliphatic rings. The third kappa shape index (κ3) is 3.70. The maximum absolute atomic E-state index is 12.4. The highest BCUT2D eigenvalue weighted by Crippen LogP contribution is 2.28. The molecule has 1 aliphatic carbocycles. The molecular formula is C16H23NO2S. The summed E-state index contributed by atoms with van der Waals surface area (Å²) in [5, 5.41) is 0.